The molecule has 1 aliphatic rings. The summed E-state index contributed by atoms with van der Waals surface area (Å²) in [6.07, 6.45) is 6.54. The van der Waals surface area contributed by atoms with Crippen LogP contribution in [0.25, 0.3) is 22.4 Å². The Balaban J connectivity index is 1.77. The Kier molecular flexibility index (Phi) is 6.71. The molecule has 5 nitrogen and oxygen atoms in total. The van der Waals surface area contributed by atoms with Gasteiger partial charge in [0.1, 0.15) is 11.9 Å². The smallest absolute Gasteiger partial charge is 0.243 e. The van der Waals surface area contributed by atoms with E-state index in [2.05, 4.69) is 29.8 Å². The van der Waals surface area contributed by atoms with Crippen LogP contribution in [-0.4, -0.2) is 26.6 Å². The van der Waals surface area contributed by atoms with E-state index in [0.29, 0.717) is 5.92 Å². The molecule has 2 N–H and O–H groups in total. The van der Waals surface area contributed by atoms with Crippen LogP contribution in [0.1, 0.15) is 64.0 Å². The molecule has 0 radical (unpaired) electrons. The number of nitrogens with one attached hydrogen (secondary N) is 1. The van der Waals surface area contributed by atoms with Gasteiger partial charge >= 0.3 is 0 Å². The zero-order chi connectivity index (χ0) is 21.8. The third-order valence-electron chi connectivity index (χ3n) is 6.25. The molecule has 3 aromatic rings. The van der Waals surface area contributed by atoms with Crippen LogP contribution in [0.15, 0.2) is 48.5 Å². The van der Waals surface area contributed by atoms with Crippen LogP contribution in [0.2, 0.25) is 0 Å². The first kappa shape index (κ1) is 21.6. The standard InChI is InChI=1S/C26H33N3O2/c1-18(2)16-24(26(31)27-21-8-4-3-5-9-21)29-23-11-7-6-10-22(23)28-25(29)20-14-12-19(17-30)13-15-20/h6-7,10-15,18,21,24,30H,3-5,8-9,16-17H2,1-2H3,(H,27,31). The first-order valence-corrected chi connectivity index (χ1v) is 11.5. The number of benzene rings is 2. The highest BCUT2D eigenvalue weighted by Gasteiger charge is 2.29. The lowest BCUT2D eigenvalue weighted by Crippen LogP contribution is -2.41. The van der Waals surface area contributed by atoms with Crippen molar-refractivity contribution < 1.29 is 9.90 Å². The molecular weight excluding hydrogens is 386 g/mol. The fourth-order valence-electron chi connectivity index (χ4n) is 4.64. The third kappa shape index (κ3) is 4.82. The summed E-state index contributed by atoms with van der Waals surface area (Å²) in [7, 11) is 0. The number of fused-ring (bicyclic) bond motifs is 1. The van der Waals surface area contributed by atoms with Gasteiger partial charge in [0.05, 0.1) is 17.6 Å². The van der Waals surface area contributed by atoms with Crippen molar-refractivity contribution in [2.45, 2.75) is 71.1 Å². The maximum Gasteiger partial charge on any atom is 0.243 e. The van der Waals surface area contributed by atoms with Crippen molar-refractivity contribution >= 4 is 16.9 Å². The van der Waals surface area contributed by atoms with Crippen LogP contribution in [-0.2, 0) is 11.4 Å². The average molecular weight is 420 g/mol. The predicted octanol–water partition coefficient (Wildman–Crippen LogP) is 5.23. The number of para-hydroxylation sites is 2. The molecular formula is C26H33N3O2. The fourth-order valence-corrected chi connectivity index (χ4v) is 4.64. The molecule has 1 fully saturated rings. The van der Waals surface area contributed by atoms with Gasteiger partial charge in [0.15, 0.2) is 0 Å². The van der Waals surface area contributed by atoms with E-state index < -0.39 is 0 Å². The summed E-state index contributed by atoms with van der Waals surface area (Å²) in [5, 5.41) is 12.8. The lowest BCUT2D eigenvalue weighted by atomic mass is 9.94. The Bertz CT molecular complexity index is 1020. The number of rotatable bonds is 7. The van der Waals surface area contributed by atoms with E-state index in [1.54, 1.807) is 0 Å². The zero-order valence-corrected chi connectivity index (χ0v) is 18.6. The van der Waals surface area contributed by atoms with Gasteiger partial charge < -0.3 is 15.0 Å². The molecule has 1 saturated carbocycles. The van der Waals surface area contributed by atoms with E-state index in [9.17, 15) is 9.90 Å². The van der Waals surface area contributed by atoms with Gasteiger partial charge in [-0.2, -0.15) is 0 Å². The van der Waals surface area contributed by atoms with Gasteiger partial charge in [-0.3, -0.25) is 4.79 Å². The van der Waals surface area contributed by atoms with Crippen LogP contribution >= 0.6 is 0 Å². The highest BCUT2D eigenvalue weighted by atomic mass is 16.3. The molecule has 1 atom stereocenters. The van der Waals surface area contributed by atoms with Crippen LogP contribution in [0.5, 0.6) is 0 Å². The number of hydrogen-bond acceptors (Lipinski definition) is 3. The first-order chi connectivity index (χ1) is 15.1. The van der Waals surface area contributed by atoms with Crippen molar-refractivity contribution in [3.05, 3.63) is 54.1 Å². The zero-order valence-electron chi connectivity index (χ0n) is 18.6. The second kappa shape index (κ2) is 9.65. The molecule has 1 amide bonds. The lowest BCUT2D eigenvalue weighted by molar-refractivity contribution is -0.125. The molecule has 0 saturated heterocycles. The van der Waals surface area contributed by atoms with Crippen molar-refractivity contribution in [3.63, 3.8) is 0 Å². The highest BCUT2D eigenvalue weighted by molar-refractivity contribution is 5.87. The quantitative estimate of drug-likeness (QED) is 0.551. The number of amides is 1. The van der Waals surface area contributed by atoms with Crippen molar-refractivity contribution in [3.8, 4) is 11.4 Å². The first-order valence-electron chi connectivity index (χ1n) is 11.5. The highest BCUT2D eigenvalue weighted by Crippen LogP contribution is 2.32. The number of carbonyl (C=O) groups excluding carboxylic acids is 1. The van der Waals surface area contributed by atoms with Crippen molar-refractivity contribution in [2.24, 2.45) is 5.92 Å². The molecule has 1 unspecified atom stereocenters. The normalized spacial score (nSPS) is 16.0. The maximum atomic E-state index is 13.6. The topological polar surface area (TPSA) is 67.2 Å². The van der Waals surface area contributed by atoms with Crippen LogP contribution in [0, 0.1) is 5.92 Å². The Morgan fingerprint density at radius 1 is 1.10 bits per heavy atom. The van der Waals surface area contributed by atoms with Crippen LogP contribution in [0.3, 0.4) is 0 Å². The molecule has 0 aliphatic heterocycles. The van der Waals surface area contributed by atoms with Gasteiger partial charge in [0.2, 0.25) is 5.91 Å². The number of carbonyl (C=O) groups is 1. The summed E-state index contributed by atoms with van der Waals surface area (Å²) in [4.78, 5) is 18.5. The fraction of sp³-hybridized carbons (Fsp3) is 0.462. The molecule has 1 heterocycles. The minimum Gasteiger partial charge on any atom is -0.392 e. The number of hydrogen-bond donors (Lipinski definition) is 2. The monoisotopic (exact) mass is 419 g/mol. The van der Waals surface area contributed by atoms with E-state index in [1.165, 1.54) is 19.3 Å². The van der Waals surface area contributed by atoms with Gasteiger partial charge in [-0.05, 0) is 42.9 Å². The number of imidazole rings is 1. The summed E-state index contributed by atoms with van der Waals surface area (Å²) in [5.74, 6) is 1.26. The number of aromatic nitrogens is 2. The number of aliphatic hydroxyl groups excluding tert-OH is 1. The second-order valence-corrected chi connectivity index (χ2v) is 9.14. The molecule has 5 heteroatoms. The number of aliphatic hydroxyl groups is 1. The van der Waals surface area contributed by atoms with E-state index in [0.717, 1.165) is 47.2 Å². The Hall–Kier alpha value is -2.66. The molecule has 1 aliphatic carbocycles. The molecule has 2 aromatic carbocycles. The van der Waals surface area contributed by atoms with Gasteiger partial charge in [-0.25, -0.2) is 4.98 Å². The molecule has 31 heavy (non-hydrogen) atoms. The maximum absolute atomic E-state index is 13.6. The van der Waals surface area contributed by atoms with Gasteiger partial charge in [0, 0.05) is 11.6 Å². The molecule has 0 spiro atoms. The molecule has 164 valence electrons. The van der Waals surface area contributed by atoms with E-state index in [1.807, 2.05) is 42.5 Å². The van der Waals surface area contributed by atoms with Gasteiger partial charge in [-0.15, -0.1) is 0 Å². The predicted molar refractivity (Wildman–Crippen MR) is 125 cm³/mol. The van der Waals surface area contributed by atoms with Gasteiger partial charge in [-0.1, -0.05) is 69.5 Å². The second-order valence-electron chi connectivity index (χ2n) is 9.14. The lowest BCUT2D eigenvalue weighted by Gasteiger charge is -2.28. The molecule has 1 aromatic heterocycles. The summed E-state index contributed by atoms with van der Waals surface area (Å²) in [5.41, 5.74) is 3.68. The Labute approximate surface area is 184 Å². The van der Waals surface area contributed by atoms with Crippen LogP contribution < -0.4 is 5.32 Å². The minimum absolute atomic E-state index is 0.0104. The van der Waals surface area contributed by atoms with E-state index in [4.69, 9.17) is 4.98 Å². The summed E-state index contributed by atoms with van der Waals surface area (Å²) < 4.78 is 2.13. The SMILES string of the molecule is CC(C)CC(C(=O)NC1CCCCC1)n1c(-c2ccc(CO)cc2)nc2ccccc21. The summed E-state index contributed by atoms with van der Waals surface area (Å²) in [6, 6.07) is 15.8. The molecule has 0 bridgehead atoms. The minimum atomic E-state index is -0.318. The van der Waals surface area contributed by atoms with Gasteiger partial charge in [0.25, 0.3) is 0 Å². The average Bonchev–Trinajstić information content (AvgIpc) is 3.17. The van der Waals surface area contributed by atoms with Crippen molar-refractivity contribution in [1.29, 1.82) is 0 Å². The third-order valence-corrected chi connectivity index (χ3v) is 6.25. The van der Waals surface area contributed by atoms with E-state index in [-0.39, 0.29) is 24.6 Å². The number of nitrogens with zero attached hydrogens (tertiary/aromatic N) is 2. The van der Waals surface area contributed by atoms with Crippen molar-refractivity contribution in [1.82, 2.24) is 14.9 Å². The van der Waals surface area contributed by atoms with Crippen LogP contribution in [0.4, 0.5) is 0 Å². The summed E-state index contributed by atoms with van der Waals surface area (Å²) >= 11 is 0. The Morgan fingerprint density at radius 3 is 2.48 bits per heavy atom. The van der Waals surface area contributed by atoms with Crippen molar-refractivity contribution in [2.75, 3.05) is 0 Å². The Morgan fingerprint density at radius 2 is 1.81 bits per heavy atom. The largest absolute Gasteiger partial charge is 0.392 e. The van der Waals surface area contributed by atoms with E-state index >= 15 is 0 Å². The molecule has 4 rings (SSSR count). The summed E-state index contributed by atoms with van der Waals surface area (Å²) in [6.45, 7) is 4.34.